The van der Waals surface area contributed by atoms with Gasteiger partial charge in [-0.15, -0.1) is 0 Å². The predicted molar refractivity (Wildman–Crippen MR) is 176 cm³/mol. The standard InChI is InChI=1S/C39H60N2O4/c1-25(42)45-31-10-13-37(6)30(34(31,2)3)9-14-39(8)32(37)29(43)21-27-28-22-36(5,16-15-35(28,4)17-18-38(27,39)7)33(44)41-23-26-11-19-40(24-41)20-12-26/h21,26,28,30-32H,9-20,22-24H2,1-8H3/t28-,30-,31-,32+,35+,36-,37-,38+,39+/m0/s1. The highest BCUT2D eigenvalue weighted by Gasteiger charge is 2.70. The molecule has 0 aromatic rings. The highest BCUT2D eigenvalue weighted by Crippen LogP contribution is 2.75. The van der Waals surface area contributed by atoms with Crippen molar-refractivity contribution in [1.29, 1.82) is 0 Å². The van der Waals surface area contributed by atoms with E-state index in [1.165, 1.54) is 31.8 Å². The van der Waals surface area contributed by atoms with Crippen molar-refractivity contribution in [3.05, 3.63) is 11.6 Å². The van der Waals surface area contributed by atoms with Gasteiger partial charge in [-0.1, -0.05) is 54.0 Å². The Morgan fingerprint density at radius 2 is 1.56 bits per heavy atom. The van der Waals surface area contributed by atoms with Crippen LogP contribution in [0.2, 0.25) is 0 Å². The van der Waals surface area contributed by atoms with Crippen LogP contribution in [0.3, 0.4) is 0 Å². The summed E-state index contributed by atoms with van der Waals surface area (Å²) in [6, 6.07) is 0. The van der Waals surface area contributed by atoms with Crippen LogP contribution in [0.25, 0.3) is 0 Å². The van der Waals surface area contributed by atoms with Crippen LogP contribution >= 0.6 is 0 Å². The van der Waals surface area contributed by atoms with Crippen molar-refractivity contribution in [3.63, 3.8) is 0 Å². The van der Waals surface area contributed by atoms with Crippen LogP contribution in [0.4, 0.5) is 0 Å². The van der Waals surface area contributed by atoms with Crippen LogP contribution in [0.15, 0.2) is 11.6 Å². The Morgan fingerprint density at radius 3 is 2.24 bits per heavy atom. The first kappa shape index (κ1) is 31.9. The van der Waals surface area contributed by atoms with E-state index in [1.807, 2.05) is 0 Å². The van der Waals surface area contributed by atoms with E-state index >= 15 is 0 Å². The highest BCUT2D eigenvalue weighted by molar-refractivity contribution is 5.95. The molecule has 4 saturated carbocycles. The van der Waals surface area contributed by atoms with Crippen molar-refractivity contribution >= 4 is 17.7 Å². The Hall–Kier alpha value is -1.69. The third kappa shape index (κ3) is 4.45. The van der Waals surface area contributed by atoms with Crippen LogP contribution in [-0.2, 0) is 19.1 Å². The number of nitrogens with zero attached hydrogens (tertiary/aromatic N) is 2. The van der Waals surface area contributed by atoms with E-state index < -0.39 is 0 Å². The van der Waals surface area contributed by atoms with E-state index in [4.69, 9.17) is 4.74 Å². The molecule has 5 aliphatic carbocycles. The van der Waals surface area contributed by atoms with Gasteiger partial charge in [-0.05, 0) is 116 Å². The van der Waals surface area contributed by atoms with Gasteiger partial charge in [0.15, 0.2) is 5.78 Å². The summed E-state index contributed by atoms with van der Waals surface area (Å²) in [6.07, 6.45) is 13.5. The maximum Gasteiger partial charge on any atom is 0.302 e. The lowest BCUT2D eigenvalue weighted by Gasteiger charge is -2.70. The smallest absolute Gasteiger partial charge is 0.302 e. The molecule has 2 bridgehead atoms. The summed E-state index contributed by atoms with van der Waals surface area (Å²) in [4.78, 5) is 45.9. The molecular weight excluding hydrogens is 560 g/mol. The topological polar surface area (TPSA) is 66.9 Å². The minimum absolute atomic E-state index is 0.0300. The van der Waals surface area contributed by atoms with Crippen LogP contribution in [0.5, 0.6) is 0 Å². The van der Waals surface area contributed by atoms with Crippen LogP contribution in [0.1, 0.15) is 126 Å². The average molecular weight is 621 g/mol. The second-order valence-electron chi connectivity index (χ2n) is 18.9. The van der Waals surface area contributed by atoms with Gasteiger partial charge in [0.25, 0.3) is 0 Å². The Balaban J connectivity index is 1.22. The summed E-state index contributed by atoms with van der Waals surface area (Å²) < 4.78 is 5.90. The minimum atomic E-state index is -0.377. The van der Waals surface area contributed by atoms with Crippen molar-refractivity contribution in [2.45, 2.75) is 132 Å². The van der Waals surface area contributed by atoms with Gasteiger partial charge in [-0.2, -0.15) is 0 Å². The number of carbonyl (C=O) groups is 3. The number of rotatable bonds is 2. The molecule has 0 aromatic heterocycles. The molecule has 250 valence electrons. The molecule has 0 N–H and O–H groups in total. The zero-order valence-corrected chi connectivity index (χ0v) is 29.6. The number of allylic oxidation sites excluding steroid dienone is 2. The zero-order valence-electron chi connectivity index (χ0n) is 29.6. The fourth-order valence-corrected chi connectivity index (χ4v) is 13.2. The summed E-state index contributed by atoms with van der Waals surface area (Å²) in [5.41, 5.74) is 0.655. The molecular formula is C39H60N2O4. The molecule has 6 heteroatoms. The lowest BCUT2D eigenvalue weighted by molar-refractivity contribution is -0.210. The summed E-state index contributed by atoms with van der Waals surface area (Å²) in [6.45, 7) is 22.1. The molecule has 6 nitrogen and oxygen atoms in total. The maximum atomic E-state index is 14.8. The molecule has 3 heterocycles. The van der Waals surface area contributed by atoms with Gasteiger partial charge in [-0.25, -0.2) is 0 Å². The quantitative estimate of drug-likeness (QED) is 0.301. The molecule has 0 aromatic carbocycles. The van der Waals surface area contributed by atoms with Gasteiger partial charge in [0, 0.05) is 43.3 Å². The largest absolute Gasteiger partial charge is 0.462 e. The Kier molecular flexibility index (Phi) is 7.20. The summed E-state index contributed by atoms with van der Waals surface area (Å²) in [5, 5.41) is 0. The summed E-state index contributed by atoms with van der Waals surface area (Å²) in [5.74, 6) is 1.71. The molecule has 8 aliphatic rings. The SMILES string of the molecule is CC(=O)O[C@H]1CC[C@]2(C)[C@H]3C(=O)C=C4[C@@H]5C[C@@](C)(C(=O)N6CC7CCN(CC7)C6)CC[C@]5(C)CC[C@@]4(C)[C@]3(C)CC[C@H]2C1(C)C. The number of ether oxygens (including phenoxy) is 1. The van der Waals surface area contributed by atoms with Gasteiger partial charge >= 0.3 is 5.97 Å². The van der Waals surface area contributed by atoms with E-state index in [9.17, 15) is 14.4 Å². The number of piperidine rings is 1. The zero-order chi connectivity index (χ0) is 32.4. The monoisotopic (exact) mass is 620 g/mol. The lowest BCUT2D eigenvalue weighted by Crippen LogP contribution is -2.67. The molecule has 0 radical (unpaired) electrons. The summed E-state index contributed by atoms with van der Waals surface area (Å²) >= 11 is 0. The number of fused-ring (bicyclic) bond motifs is 11. The average Bonchev–Trinajstić information content (AvgIpc) is 3.30. The first-order valence-electron chi connectivity index (χ1n) is 18.4. The number of amides is 1. The molecule has 0 spiro atoms. The Bertz CT molecular complexity index is 1300. The number of ketones is 1. The van der Waals surface area contributed by atoms with Crippen LogP contribution in [-0.4, -0.2) is 59.9 Å². The minimum Gasteiger partial charge on any atom is -0.462 e. The third-order valence-corrected chi connectivity index (χ3v) is 16.2. The number of carbonyl (C=O) groups excluding carboxylic acids is 3. The lowest BCUT2D eigenvalue weighted by atomic mass is 9.33. The molecule has 8 rings (SSSR count). The van der Waals surface area contributed by atoms with E-state index in [0.717, 1.165) is 77.7 Å². The Labute approximate surface area is 272 Å². The van der Waals surface area contributed by atoms with Gasteiger partial charge in [0.05, 0.1) is 6.67 Å². The van der Waals surface area contributed by atoms with Crippen LogP contribution < -0.4 is 0 Å². The molecule has 0 unspecified atom stereocenters. The van der Waals surface area contributed by atoms with Crippen LogP contribution in [0, 0.1) is 56.2 Å². The molecule has 1 amide bonds. The molecule has 3 saturated heterocycles. The van der Waals surface area contributed by atoms with Crippen molar-refractivity contribution in [3.8, 4) is 0 Å². The van der Waals surface area contributed by atoms with E-state index in [0.29, 0.717) is 23.5 Å². The second kappa shape index (κ2) is 10.2. The maximum absolute atomic E-state index is 14.8. The van der Waals surface area contributed by atoms with E-state index in [2.05, 4.69) is 64.3 Å². The molecule has 9 atom stereocenters. The van der Waals surface area contributed by atoms with Crippen molar-refractivity contribution in [1.82, 2.24) is 9.80 Å². The van der Waals surface area contributed by atoms with Gasteiger partial charge in [-0.3, -0.25) is 19.3 Å². The third-order valence-electron chi connectivity index (χ3n) is 16.2. The fraction of sp³-hybridized carbons (Fsp3) is 0.872. The normalized spacial score (nSPS) is 50.3. The van der Waals surface area contributed by atoms with Gasteiger partial charge < -0.3 is 9.64 Å². The second-order valence-corrected chi connectivity index (χ2v) is 18.9. The number of hydrogen-bond acceptors (Lipinski definition) is 5. The van der Waals surface area contributed by atoms with Gasteiger partial charge in [0.1, 0.15) is 6.10 Å². The number of hydrogen-bond donors (Lipinski definition) is 0. The first-order valence-corrected chi connectivity index (χ1v) is 18.4. The fourth-order valence-electron chi connectivity index (χ4n) is 13.2. The van der Waals surface area contributed by atoms with E-state index in [1.54, 1.807) is 0 Å². The molecule has 45 heavy (non-hydrogen) atoms. The number of esters is 1. The first-order chi connectivity index (χ1) is 21.0. The van der Waals surface area contributed by atoms with Crippen molar-refractivity contribution < 1.29 is 19.1 Å². The predicted octanol–water partition coefficient (Wildman–Crippen LogP) is 7.41. The Morgan fingerprint density at radius 1 is 0.867 bits per heavy atom. The molecule has 3 aliphatic heterocycles. The highest BCUT2D eigenvalue weighted by atomic mass is 16.5. The van der Waals surface area contributed by atoms with Crippen molar-refractivity contribution in [2.24, 2.45) is 56.2 Å². The molecule has 7 fully saturated rings. The van der Waals surface area contributed by atoms with Crippen molar-refractivity contribution in [2.75, 3.05) is 26.3 Å². The van der Waals surface area contributed by atoms with Gasteiger partial charge in [0.2, 0.25) is 5.91 Å². The summed E-state index contributed by atoms with van der Waals surface area (Å²) in [7, 11) is 0. The van der Waals surface area contributed by atoms with E-state index in [-0.39, 0.29) is 56.4 Å².